The van der Waals surface area contributed by atoms with E-state index in [9.17, 15) is 8.78 Å². The molecule has 0 bridgehead atoms. The van der Waals surface area contributed by atoms with Gasteiger partial charge in [-0.1, -0.05) is 0 Å². The highest BCUT2D eigenvalue weighted by Crippen LogP contribution is 2.35. The van der Waals surface area contributed by atoms with Crippen LogP contribution >= 0.6 is 0 Å². The Hall–Kier alpha value is -0.960. The van der Waals surface area contributed by atoms with Crippen LogP contribution in [0.4, 0.5) is 8.78 Å². The van der Waals surface area contributed by atoms with E-state index < -0.39 is 11.6 Å². The lowest BCUT2D eigenvalue weighted by molar-refractivity contribution is 0.495. The molecule has 0 amide bonds. The molecule has 1 saturated heterocycles. The van der Waals surface area contributed by atoms with Crippen molar-refractivity contribution in [2.24, 2.45) is 0 Å². The number of benzene rings is 1. The standard InChI is InChI=1S/C13H15F2N/c14-11-7-10(12-5-2-6-16-12)8-3-1-4-9(8)13(11)15/h7,12,16H,1-6H2/t12-/m1/s1. The van der Waals surface area contributed by atoms with Gasteiger partial charge in [0.1, 0.15) is 0 Å². The van der Waals surface area contributed by atoms with E-state index in [-0.39, 0.29) is 6.04 Å². The fraction of sp³-hybridized carbons (Fsp3) is 0.538. The number of hydrogen-bond donors (Lipinski definition) is 1. The molecule has 1 N–H and O–H groups in total. The molecule has 3 rings (SSSR count). The van der Waals surface area contributed by atoms with Crippen LogP contribution in [-0.2, 0) is 12.8 Å². The van der Waals surface area contributed by atoms with Gasteiger partial charge >= 0.3 is 0 Å². The van der Waals surface area contributed by atoms with Crippen molar-refractivity contribution in [3.05, 3.63) is 34.4 Å². The first-order chi connectivity index (χ1) is 7.77. The predicted octanol–water partition coefficient (Wildman–Crippen LogP) is 2.88. The van der Waals surface area contributed by atoms with Crippen molar-refractivity contribution in [3.63, 3.8) is 0 Å². The second-order valence-electron chi connectivity index (χ2n) is 4.72. The molecule has 1 heterocycles. The summed E-state index contributed by atoms with van der Waals surface area (Å²) in [5.41, 5.74) is 2.70. The summed E-state index contributed by atoms with van der Waals surface area (Å²) in [6.45, 7) is 0.985. The summed E-state index contributed by atoms with van der Waals surface area (Å²) >= 11 is 0. The van der Waals surface area contributed by atoms with Gasteiger partial charge in [-0.15, -0.1) is 0 Å². The van der Waals surface area contributed by atoms with Gasteiger partial charge in [0.15, 0.2) is 11.6 Å². The van der Waals surface area contributed by atoms with E-state index in [4.69, 9.17) is 0 Å². The first-order valence-corrected chi connectivity index (χ1v) is 6.00. The van der Waals surface area contributed by atoms with Crippen molar-refractivity contribution in [1.82, 2.24) is 5.32 Å². The Morgan fingerprint density at radius 2 is 1.94 bits per heavy atom. The van der Waals surface area contributed by atoms with Crippen molar-refractivity contribution in [1.29, 1.82) is 0 Å². The molecule has 0 saturated carbocycles. The lowest BCUT2D eigenvalue weighted by atomic mass is 9.95. The van der Waals surface area contributed by atoms with Crippen LogP contribution in [-0.4, -0.2) is 6.54 Å². The molecule has 2 aliphatic rings. The van der Waals surface area contributed by atoms with Gasteiger partial charge in [-0.05, 0) is 61.4 Å². The van der Waals surface area contributed by atoms with E-state index in [2.05, 4.69) is 5.32 Å². The average Bonchev–Trinajstić information content (AvgIpc) is 2.93. The average molecular weight is 223 g/mol. The summed E-state index contributed by atoms with van der Waals surface area (Å²) in [6, 6.07) is 1.64. The third-order valence-electron chi connectivity index (χ3n) is 3.76. The van der Waals surface area contributed by atoms with Crippen LogP contribution in [0.15, 0.2) is 6.07 Å². The lowest BCUT2D eigenvalue weighted by Crippen LogP contribution is -2.15. The van der Waals surface area contributed by atoms with Crippen LogP contribution in [0.3, 0.4) is 0 Å². The third kappa shape index (κ3) is 1.46. The van der Waals surface area contributed by atoms with Gasteiger partial charge in [-0.25, -0.2) is 8.78 Å². The summed E-state index contributed by atoms with van der Waals surface area (Å²) < 4.78 is 27.1. The van der Waals surface area contributed by atoms with E-state index in [0.29, 0.717) is 12.0 Å². The van der Waals surface area contributed by atoms with Crippen LogP contribution < -0.4 is 5.32 Å². The molecule has 0 aromatic heterocycles. The maximum absolute atomic E-state index is 13.6. The number of fused-ring (bicyclic) bond motifs is 1. The minimum atomic E-state index is -0.677. The highest BCUT2D eigenvalue weighted by molar-refractivity contribution is 5.42. The molecule has 1 fully saturated rings. The van der Waals surface area contributed by atoms with E-state index in [1.54, 1.807) is 0 Å². The molecule has 1 aliphatic carbocycles. The maximum atomic E-state index is 13.6. The van der Waals surface area contributed by atoms with Crippen LogP contribution in [0.25, 0.3) is 0 Å². The molecule has 1 atom stereocenters. The van der Waals surface area contributed by atoms with Gasteiger partial charge in [0.2, 0.25) is 0 Å². The molecule has 1 aromatic rings. The topological polar surface area (TPSA) is 12.0 Å². The molecule has 86 valence electrons. The normalized spacial score (nSPS) is 23.8. The molecular weight excluding hydrogens is 208 g/mol. The van der Waals surface area contributed by atoms with Gasteiger partial charge in [0.25, 0.3) is 0 Å². The van der Waals surface area contributed by atoms with E-state index in [1.165, 1.54) is 6.07 Å². The van der Waals surface area contributed by atoms with E-state index in [1.807, 2.05) is 0 Å². The van der Waals surface area contributed by atoms with E-state index >= 15 is 0 Å². The van der Waals surface area contributed by atoms with Gasteiger partial charge in [0.05, 0.1) is 0 Å². The van der Waals surface area contributed by atoms with Crippen LogP contribution in [0.1, 0.15) is 42.0 Å². The Morgan fingerprint density at radius 1 is 1.12 bits per heavy atom. The minimum absolute atomic E-state index is 0.238. The van der Waals surface area contributed by atoms with Crippen molar-refractivity contribution >= 4 is 0 Å². The summed E-state index contributed by atoms with van der Waals surface area (Å²) in [6.07, 6.45) is 4.71. The largest absolute Gasteiger partial charge is 0.310 e. The Labute approximate surface area is 93.9 Å². The number of nitrogens with one attached hydrogen (secondary N) is 1. The Balaban J connectivity index is 2.11. The molecule has 16 heavy (non-hydrogen) atoms. The molecule has 0 spiro atoms. The summed E-state index contributed by atoms with van der Waals surface area (Å²) in [5.74, 6) is -1.29. The number of rotatable bonds is 1. The first-order valence-electron chi connectivity index (χ1n) is 6.00. The third-order valence-corrected chi connectivity index (χ3v) is 3.76. The fourth-order valence-corrected chi connectivity index (χ4v) is 3.00. The summed E-state index contributed by atoms with van der Waals surface area (Å²) in [4.78, 5) is 0. The predicted molar refractivity (Wildman–Crippen MR) is 58.4 cm³/mol. The Morgan fingerprint density at radius 3 is 2.69 bits per heavy atom. The fourth-order valence-electron chi connectivity index (χ4n) is 3.00. The zero-order valence-corrected chi connectivity index (χ0v) is 9.15. The maximum Gasteiger partial charge on any atom is 0.162 e. The second-order valence-corrected chi connectivity index (χ2v) is 4.72. The quantitative estimate of drug-likeness (QED) is 0.772. The molecule has 1 nitrogen and oxygen atoms in total. The monoisotopic (exact) mass is 223 g/mol. The first kappa shape index (κ1) is 10.2. The smallest absolute Gasteiger partial charge is 0.162 e. The van der Waals surface area contributed by atoms with Crippen LogP contribution in [0.2, 0.25) is 0 Å². The minimum Gasteiger partial charge on any atom is -0.310 e. The van der Waals surface area contributed by atoms with Crippen molar-refractivity contribution in [2.75, 3.05) is 6.54 Å². The molecule has 1 aliphatic heterocycles. The van der Waals surface area contributed by atoms with Gasteiger partial charge in [0, 0.05) is 6.04 Å². The highest BCUT2D eigenvalue weighted by atomic mass is 19.2. The molecule has 0 radical (unpaired) electrons. The highest BCUT2D eigenvalue weighted by Gasteiger charge is 2.27. The zero-order valence-electron chi connectivity index (χ0n) is 9.15. The molecule has 1 aromatic carbocycles. The van der Waals surface area contributed by atoms with Crippen molar-refractivity contribution in [2.45, 2.75) is 38.1 Å². The molecule has 3 heteroatoms. The Bertz CT molecular complexity index is 422. The van der Waals surface area contributed by atoms with Gasteiger partial charge < -0.3 is 5.32 Å². The second kappa shape index (κ2) is 3.81. The van der Waals surface area contributed by atoms with Gasteiger partial charge in [-0.2, -0.15) is 0 Å². The SMILES string of the molecule is Fc1cc([C@H]2CCCN2)c2c(c1F)CCC2. The van der Waals surface area contributed by atoms with Crippen molar-refractivity contribution < 1.29 is 8.78 Å². The van der Waals surface area contributed by atoms with Crippen LogP contribution in [0.5, 0.6) is 0 Å². The zero-order chi connectivity index (χ0) is 11.1. The number of hydrogen-bond acceptors (Lipinski definition) is 1. The summed E-state index contributed by atoms with van der Waals surface area (Å²) in [5, 5.41) is 3.36. The van der Waals surface area contributed by atoms with E-state index in [0.717, 1.165) is 43.4 Å². The van der Waals surface area contributed by atoms with Gasteiger partial charge in [-0.3, -0.25) is 0 Å². The molecule has 0 unspecified atom stereocenters. The summed E-state index contributed by atoms with van der Waals surface area (Å²) in [7, 11) is 0. The number of halogens is 2. The van der Waals surface area contributed by atoms with Crippen LogP contribution in [0, 0.1) is 11.6 Å². The van der Waals surface area contributed by atoms with Crippen molar-refractivity contribution in [3.8, 4) is 0 Å². The molecular formula is C13H15F2N. The Kier molecular flexibility index (Phi) is 2.43. The lowest BCUT2D eigenvalue weighted by Gasteiger charge is -2.16.